The maximum atomic E-state index is 5.20. The Bertz CT molecular complexity index is 1060. The number of hydrogen-bond acceptors (Lipinski definition) is 7. The first-order valence-electron chi connectivity index (χ1n) is 8.05. The van der Waals surface area contributed by atoms with Gasteiger partial charge in [-0.15, -0.1) is 16.4 Å². The fourth-order valence-electron chi connectivity index (χ4n) is 2.59. The monoisotopic (exact) mass is 383 g/mol. The number of benzene rings is 1. The van der Waals surface area contributed by atoms with Crippen molar-refractivity contribution in [2.75, 3.05) is 7.11 Å². The summed E-state index contributed by atoms with van der Waals surface area (Å²) in [6.07, 6.45) is 0. The molecule has 0 saturated carbocycles. The predicted molar refractivity (Wildman–Crippen MR) is 104 cm³/mol. The van der Waals surface area contributed by atoms with Gasteiger partial charge in [0.25, 0.3) is 5.78 Å². The standard InChI is InChI=1S/C18H17N5OS2/c1-11-8-12(2)23-17(19-11)21-18(22-23)26-10-14-9-25-16(20-14)13-4-6-15(24-3)7-5-13/h4-9H,10H2,1-3H3. The lowest BCUT2D eigenvalue weighted by molar-refractivity contribution is 0.415. The molecule has 4 aromatic rings. The number of ether oxygens (including phenoxy) is 1. The molecule has 0 aliphatic carbocycles. The number of aromatic nitrogens is 5. The number of aryl methyl sites for hydroxylation is 2. The van der Waals surface area contributed by atoms with Gasteiger partial charge in [-0.3, -0.25) is 0 Å². The maximum absolute atomic E-state index is 5.20. The van der Waals surface area contributed by atoms with E-state index in [1.165, 1.54) is 0 Å². The van der Waals surface area contributed by atoms with Crippen LogP contribution in [-0.4, -0.2) is 31.7 Å². The van der Waals surface area contributed by atoms with Crippen LogP contribution in [0.4, 0.5) is 0 Å². The second-order valence-electron chi connectivity index (χ2n) is 5.81. The fraction of sp³-hybridized carbons (Fsp3) is 0.222. The van der Waals surface area contributed by atoms with Crippen molar-refractivity contribution in [3.05, 3.63) is 52.8 Å². The molecule has 0 amide bonds. The van der Waals surface area contributed by atoms with Crippen LogP contribution in [0.1, 0.15) is 17.1 Å². The minimum atomic E-state index is 0.641. The van der Waals surface area contributed by atoms with E-state index < -0.39 is 0 Å². The highest BCUT2D eigenvalue weighted by molar-refractivity contribution is 7.98. The van der Waals surface area contributed by atoms with Gasteiger partial charge in [0.15, 0.2) is 0 Å². The van der Waals surface area contributed by atoms with E-state index >= 15 is 0 Å². The molecule has 0 N–H and O–H groups in total. The van der Waals surface area contributed by atoms with Crippen LogP contribution >= 0.6 is 23.1 Å². The Balaban J connectivity index is 1.48. The van der Waals surface area contributed by atoms with E-state index in [4.69, 9.17) is 9.72 Å². The van der Waals surface area contributed by atoms with E-state index in [9.17, 15) is 0 Å². The van der Waals surface area contributed by atoms with Crippen LogP contribution in [-0.2, 0) is 5.75 Å². The van der Waals surface area contributed by atoms with Crippen LogP contribution in [0.3, 0.4) is 0 Å². The molecule has 0 unspecified atom stereocenters. The van der Waals surface area contributed by atoms with Crippen molar-refractivity contribution < 1.29 is 4.74 Å². The lowest BCUT2D eigenvalue weighted by Gasteiger charge is -2.00. The second kappa shape index (κ2) is 7.05. The summed E-state index contributed by atoms with van der Waals surface area (Å²) in [6.45, 7) is 3.97. The van der Waals surface area contributed by atoms with Gasteiger partial charge >= 0.3 is 0 Å². The van der Waals surface area contributed by atoms with Gasteiger partial charge in [-0.2, -0.15) is 4.98 Å². The number of rotatable bonds is 5. The molecule has 0 bridgehead atoms. The van der Waals surface area contributed by atoms with Crippen molar-refractivity contribution in [2.24, 2.45) is 0 Å². The molecule has 1 aromatic carbocycles. The van der Waals surface area contributed by atoms with Crippen LogP contribution in [0.5, 0.6) is 5.75 Å². The van der Waals surface area contributed by atoms with Crippen LogP contribution in [0.25, 0.3) is 16.3 Å². The van der Waals surface area contributed by atoms with E-state index in [0.29, 0.717) is 10.9 Å². The van der Waals surface area contributed by atoms with E-state index in [1.807, 2.05) is 44.2 Å². The highest BCUT2D eigenvalue weighted by atomic mass is 32.2. The topological polar surface area (TPSA) is 65.2 Å². The highest BCUT2D eigenvalue weighted by Gasteiger charge is 2.10. The molecule has 132 valence electrons. The average molecular weight is 384 g/mol. The number of thioether (sulfide) groups is 1. The smallest absolute Gasteiger partial charge is 0.253 e. The zero-order valence-electron chi connectivity index (χ0n) is 14.6. The number of thiazole rings is 1. The number of methoxy groups -OCH3 is 1. The summed E-state index contributed by atoms with van der Waals surface area (Å²) in [6, 6.07) is 9.94. The minimum Gasteiger partial charge on any atom is -0.497 e. The van der Waals surface area contributed by atoms with Crippen molar-refractivity contribution in [1.29, 1.82) is 0 Å². The van der Waals surface area contributed by atoms with Gasteiger partial charge in [-0.25, -0.2) is 14.5 Å². The van der Waals surface area contributed by atoms with Crippen molar-refractivity contribution in [3.63, 3.8) is 0 Å². The van der Waals surface area contributed by atoms with Gasteiger partial charge in [0.05, 0.1) is 12.8 Å². The molecule has 6 nitrogen and oxygen atoms in total. The molecule has 26 heavy (non-hydrogen) atoms. The van der Waals surface area contributed by atoms with Crippen LogP contribution in [0, 0.1) is 13.8 Å². The Morgan fingerprint density at radius 2 is 1.92 bits per heavy atom. The number of nitrogens with zero attached hydrogens (tertiary/aromatic N) is 5. The van der Waals surface area contributed by atoms with Gasteiger partial charge in [0.2, 0.25) is 5.16 Å². The van der Waals surface area contributed by atoms with E-state index in [2.05, 4.69) is 20.4 Å². The van der Waals surface area contributed by atoms with Crippen LogP contribution < -0.4 is 4.74 Å². The van der Waals surface area contributed by atoms with Crippen molar-refractivity contribution in [3.8, 4) is 16.3 Å². The molecule has 3 heterocycles. The van der Waals surface area contributed by atoms with Crippen molar-refractivity contribution in [1.82, 2.24) is 24.6 Å². The zero-order valence-corrected chi connectivity index (χ0v) is 16.3. The molecular weight excluding hydrogens is 366 g/mol. The third-order valence-electron chi connectivity index (χ3n) is 3.84. The summed E-state index contributed by atoms with van der Waals surface area (Å²) in [5, 5.41) is 8.31. The molecule has 3 aromatic heterocycles. The highest BCUT2D eigenvalue weighted by Crippen LogP contribution is 2.28. The quantitative estimate of drug-likeness (QED) is 0.482. The zero-order chi connectivity index (χ0) is 18.1. The van der Waals surface area contributed by atoms with Gasteiger partial charge in [0, 0.05) is 28.1 Å². The molecule has 0 fully saturated rings. The van der Waals surface area contributed by atoms with Crippen molar-refractivity contribution >= 4 is 28.9 Å². The van der Waals surface area contributed by atoms with Crippen LogP contribution in [0.2, 0.25) is 0 Å². The number of hydrogen-bond donors (Lipinski definition) is 0. The first-order valence-corrected chi connectivity index (χ1v) is 9.91. The average Bonchev–Trinajstić information content (AvgIpc) is 3.27. The Labute approximate surface area is 159 Å². The Morgan fingerprint density at radius 1 is 1.12 bits per heavy atom. The summed E-state index contributed by atoms with van der Waals surface area (Å²) in [4.78, 5) is 13.6. The molecular formula is C18H17N5OS2. The number of fused-ring (bicyclic) bond motifs is 1. The first-order chi connectivity index (χ1) is 12.6. The third-order valence-corrected chi connectivity index (χ3v) is 5.65. The summed E-state index contributed by atoms with van der Waals surface area (Å²) in [7, 11) is 1.67. The molecule has 0 spiro atoms. The molecule has 0 radical (unpaired) electrons. The largest absolute Gasteiger partial charge is 0.497 e. The SMILES string of the molecule is COc1ccc(-c2nc(CSc3nc4nc(C)cc(C)n4n3)cs2)cc1. The Morgan fingerprint density at radius 3 is 2.69 bits per heavy atom. The Kier molecular flexibility index (Phi) is 4.60. The van der Waals surface area contributed by atoms with E-state index in [-0.39, 0.29) is 0 Å². The Hall–Kier alpha value is -2.45. The van der Waals surface area contributed by atoms with Gasteiger partial charge < -0.3 is 4.74 Å². The molecule has 0 aliphatic heterocycles. The molecule has 0 saturated heterocycles. The third kappa shape index (κ3) is 3.42. The first kappa shape index (κ1) is 17.0. The lowest BCUT2D eigenvalue weighted by Crippen LogP contribution is -1.97. The second-order valence-corrected chi connectivity index (χ2v) is 7.61. The predicted octanol–water partition coefficient (Wildman–Crippen LogP) is 4.17. The normalized spacial score (nSPS) is 11.2. The molecule has 4 rings (SSSR count). The summed E-state index contributed by atoms with van der Waals surface area (Å²) in [5.74, 6) is 2.21. The van der Waals surface area contributed by atoms with Crippen LogP contribution in [0.15, 0.2) is 40.9 Å². The van der Waals surface area contributed by atoms with E-state index in [1.54, 1.807) is 34.7 Å². The molecule has 0 aliphatic rings. The fourth-order valence-corrected chi connectivity index (χ4v) is 4.23. The maximum Gasteiger partial charge on any atom is 0.253 e. The summed E-state index contributed by atoms with van der Waals surface area (Å²) >= 11 is 3.21. The summed E-state index contributed by atoms with van der Waals surface area (Å²) in [5.41, 5.74) is 4.09. The molecule has 8 heteroatoms. The minimum absolute atomic E-state index is 0.641. The summed E-state index contributed by atoms with van der Waals surface area (Å²) < 4.78 is 6.97. The molecule has 0 atom stereocenters. The van der Waals surface area contributed by atoms with Gasteiger partial charge in [-0.05, 0) is 44.2 Å². The van der Waals surface area contributed by atoms with Gasteiger partial charge in [-0.1, -0.05) is 11.8 Å². The lowest BCUT2D eigenvalue weighted by atomic mass is 10.2. The van der Waals surface area contributed by atoms with Crippen molar-refractivity contribution in [2.45, 2.75) is 24.8 Å². The van der Waals surface area contributed by atoms with E-state index in [0.717, 1.165) is 39.2 Å². The van der Waals surface area contributed by atoms with Gasteiger partial charge in [0.1, 0.15) is 10.8 Å².